The van der Waals surface area contributed by atoms with E-state index in [1.165, 1.54) is 0 Å². The SMILES string of the molecule is O=C(CCSc1ccccc1Cl)Nc1ccccc1-c1nc2ccccc2[nH]1. The molecule has 0 spiro atoms. The monoisotopic (exact) mass is 407 g/mol. The summed E-state index contributed by atoms with van der Waals surface area (Å²) < 4.78 is 0. The molecule has 1 amide bonds. The number of thioether (sulfide) groups is 1. The summed E-state index contributed by atoms with van der Waals surface area (Å²) in [4.78, 5) is 21.4. The highest BCUT2D eigenvalue weighted by atomic mass is 35.5. The number of aromatic nitrogens is 2. The predicted molar refractivity (Wildman–Crippen MR) is 117 cm³/mol. The third-order valence-electron chi connectivity index (χ3n) is 4.27. The molecule has 0 fully saturated rings. The van der Waals surface area contributed by atoms with Crippen molar-refractivity contribution in [1.29, 1.82) is 0 Å². The van der Waals surface area contributed by atoms with Gasteiger partial charge in [-0.3, -0.25) is 4.79 Å². The van der Waals surface area contributed by atoms with Crippen molar-refractivity contribution in [3.63, 3.8) is 0 Å². The van der Waals surface area contributed by atoms with Gasteiger partial charge in [0.15, 0.2) is 0 Å². The van der Waals surface area contributed by atoms with Crippen molar-refractivity contribution in [2.24, 2.45) is 0 Å². The number of carbonyl (C=O) groups is 1. The fraction of sp³-hybridized carbons (Fsp3) is 0.0909. The number of halogens is 1. The number of carbonyl (C=O) groups excluding carboxylic acids is 1. The number of anilines is 1. The maximum Gasteiger partial charge on any atom is 0.225 e. The van der Waals surface area contributed by atoms with E-state index < -0.39 is 0 Å². The van der Waals surface area contributed by atoms with Crippen LogP contribution in [0.2, 0.25) is 5.02 Å². The van der Waals surface area contributed by atoms with E-state index in [2.05, 4.69) is 15.3 Å². The number of benzene rings is 3. The van der Waals surface area contributed by atoms with Gasteiger partial charge in [0.1, 0.15) is 5.82 Å². The fourth-order valence-corrected chi connectivity index (χ4v) is 4.09. The van der Waals surface area contributed by atoms with Crippen LogP contribution < -0.4 is 5.32 Å². The van der Waals surface area contributed by atoms with Crippen LogP contribution in [0.3, 0.4) is 0 Å². The van der Waals surface area contributed by atoms with E-state index >= 15 is 0 Å². The Balaban J connectivity index is 1.45. The van der Waals surface area contributed by atoms with Gasteiger partial charge in [0, 0.05) is 22.6 Å². The summed E-state index contributed by atoms with van der Waals surface area (Å²) >= 11 is 7.74. The van der Waals surface area contributed by atoms with Gasteiger partial charge in [-0.1, -0.05) is 48.0 Å². The number of aromatic amines is 1. The molecule has 3 aromatic carbocycles. The van der Waals surface area contributed by atoms with Crippen LogP contribution in [0.5, 0.6) is 0 Å². The molecule has 2 N–H and O–H groups in total. The van der Waals surface area contributed by atoms with Crippen LogP contribution in [-0.4, -0.2) is 21.6 Å². The predicted octanol–water partition coefficient (Wildman–Crippen LogP) is 6.00. The summed E-state index contributed by atoms with van der Waals surface area (Å²) in [6.07, 6.45) is 0.393. The standard InChI is InChI=1S/C22H18ClN3OS/c23-16-8-2-6-12-20(16)28-14-13-21(27)24-17-9-3-1-7-15(17)22-25-18-10-4-5-11-19(18)26-22/h1-12H,13-14H2,(H,24,27)(H,25,26). The summed E-state index contributed by atoms with van der Waals surface area (Å²) in [5.74, 6) is 1.35. The maximum atomic E-state index is 12.5. The van der Waals surface area contributed by atoms with E-state index in [1.807, 2.05) is 72.8 Å². The lowest BCUT2D eigenvalue weighted by Gasteiger charge is -2.09. The molecule has 4 rings (SSSR count). The molecule has 0 aliphatic rings. The van der Waals surface area contributed by atoms with Crippen molar-refractivity contribution in [2.75, 3.05) is 11.1 Å². The van der Waals surface area contributed by atoms with Crippen LogP contribution in [0.15, 0.2) is 77.7 Å². The molecule has 28 heavy (non-hydrogen) atoms. The van der Waals surface area contributed by atoms with Gasteiger partial charge in [0.2, 0.25) is 5.91 Å². The van der Waals surface area contributed by atoms with Crippen LogP contribution >= 0.6 is 23.4 Å². The van der Waals surface area contributed by atoms with Gasteiger partial charge in [0.25, 0.3) is 0 Å². The molecule has 140 valence electrons. The Morgan fingerprint density at radius 3 is 2.61 bits per heavy atom. The lowest BCUT2D eigenvalue weighted by atomic mass is 10.1. The molecule has 0 saturated heterocycles. The van der Waals surface area contributed by atoms with Crippen molar-refractivity contribution in [2.45, 2.75) is 11.3 Å². The van der Waals surface area contributed by atoms with E-state index in [4.69, 9.17) is 11.6 Å². The number of amides is 1. The van der Waals surface area contributed by atoms with Gasteiger partial charge in [-0.2, -0.15) is 0 Å². The van der Waals surface area contributed by atoms with E-state index in [9.17, 15) is 4.79 Å². The highest BCUT2D eigenvalue weighted by Gasteiger charge is 2.12. The van der Waals surface area contributed by atoms with Crippen LogP contribution in [0.1, 0.15) is 6.42 Å². The van der Waals surface area contributed by atoms with Gasteiger partial charge in [0.05, 0.1) is 21.7 Å². The molecular formula is C22H18ClN3OS. The van der Waals surface area contributed by atoms with Crippen LogP contribution in [0, 0.1) is 0 Å². The third kappa shape index (κ3) is 4.21. The molecule has 0 saturated carbocycles. The number of hydrogen-bond acceptors (Lipinski definition) is 3. The van der Waals surface area contributed by atoms with Crippen molar-refractivity contribution in [1.82, 2.24) is 9.97 Å². The van der Waals surface area contributed by atoms with Crippen molar-refractivity contribution >= 4 is 46.0 Å². The van der Waals surface area contributed by atoms with Gasteiger partial charge in [-0.05, 0) is 36.4 Å². The van der Waals surface area contributed by atoms with E-state index in [0.29, 0.717) is 17.2 Å². The Bertz CT molecular complexity index is 1090. The van der Waals surface area contributed by atoms with E-state index in [1.54, 1.807) is 11.8 Å². The molecule has 0 bridgehead atoms. The van der Waals surface area contributed by atoms with Crippen LogP contribution in [0.4, 0.5) is 5.69 Å². The molecule has 0 atom stereocenters. The Labute approximate surface area is 172 Å². The smallest absolute Gasteiger partial charge is 0.225 e. The third-order valence-corrected chi connectivity index (χ3v) is 5.79. The van der Waals surface area contributed by atoms with Gasteiger partial charge in [-0.15, -0.1) is 11.8 Å². The summed E-state index contributed by atoms with van der Waals surface area (Å²) in [6, 6.07) is 23.2. The molecule has 6 heteroatoms. The van der Waals surface area contributed by atoms with Crippen molar-refractivity contribution in [3.05, 3.63) is 77.8 Å². The normalized spacial score (nSPS) is 10.9. The molecule has 0 radical (unpaired) electrons. The number of imidazole rings is 1. The largest absolute Gasteiger partial charge is 0.338 e. The van der Waals surface area contributed by atoms with Gasteiger partial charge in [-0.25, -0.2) is 4.98 Å². The summed E-state index contributed by atoms with van der Waals surface area (Å²) in [7, 11) is 0. The molecule has 4 nitrogen and oxygen atoms in total. The first-order valence-electron chi connectivity index (χ1n) is 8.92. The Morgan fingerprint density at radius 1 is 1.00 bits per heavy atom. The van der Waals surface area contributed by atoms with Crippen LogP contribution in [-0.2, 0) is 4.79 Å². The first kappa shape index (κ1) is 18.6. The number of para-hydroxylation sites is 3. The number of rotatable bonds is 6. The second-order valence-corrected chi connectivity index (χ2v) is 7.77. The highest BCUT2D eigenvalue weighted by molar-refractivity contribution is 7.99. The molecule has 1 heterocycles. The number of nitrogens with zero attached hydrogens (tertiary/aromatic N) is 1. The summed E-state index contributed by atoms with van der Waals surface area (Å²) in [5.41, 5.74) is 3.48. The second kappa shape index (κ2) is 8.50. The lowest BCUT2D eigenvalue weighted by Crippen LogP contribution is -2.13. The average molecular weight is 408 g/mol. The first-order valence-corrected chi connectivity index (χ1v) is 10.3. The lowest BCUT2D eigenvalue weighted by molar-refractivity contribution is -0.115. The minimum absolute atomic E-state index is 0.0388. The topological polar surface area (TPSA) is 57.8 Å². The summed E-state index contributed by atoms with van der Waals surface area (Å²) in [5, 5.41) is 3.72. The summed E-state index contributed by atoms with van der Waals surface area (Å²) in [6.45, 7) is 0. The van der Waals surface area contributed by atoms with E-state index in [0.717, 1.165) is 33.0 Å². The number of nitrogens with one attached hydrogen (secondary N) is 2. The molecule has 0 unspecified atom stereocenters. The first-order chi connectivity index (χ1) is 13.7. The zero-order chi connectivity index (χ0) is 19.3. The maximum absolute atomic E-state index is 12.5. The minimum Gasteiger partial charge on any atom is -0.338 e. The molecular weight excluding hydrogens is 390 g/mol. The number of fused-ring (bicyclic) bond motifs is 1. The molecule has 0 aliphatic heterocycles. The van der Waals surface area contributed by atoms with Crippen molar-refractivity contribution in [3.8, 4) is 11.4 Å². The average Bonchev–Trinajstić information content (AvgIpc) is 3.14. The zero-order valence-corrected chi connectivity index (χ0v) is 16.6. The molecule has 1 aromatic heterocycles. The molecule has 4 aromatic rings. The minimum atomic E-state index is -0.0388. The zero-order valence-electron chi connectivity index (χ0n) is 15.0. The highest BCUT2D eigenvalue weighted by Crippen LogP contribution is 2.29. The number of hydrogen-bond donors (Lipinski definition) is 2. The Hall–Kier alpha value is -2.76. The van der Waals surface area contributed by atoms with Gasteiger partial charge < -0.3 is 10.3 Å². The van der Waals surface area contributed by atoms with E-state index in [-0.39, 0.29) is 5.91 Å². The second-order valence-electron chi connectivity index (χ2n) is 6.23. The Morgan fingerprint density at radius 2 is 1.75 bits per heavy atom. The fourth-order valence-electron chi connectivity index (χ4n) is 2.91. The van der Waals surface area contributed by atoms with Gasteiger partial charge >= 0.3 is 0 Å². The van der Waals surface area contributed by atoms with Crippen molar-refractivity contribution < 1.29 is 4.79 Å². The number of H-pyrrole nitrogens is 1. The van der Waals surface area contributed by atoms with Crippen LogP contribution in [0.25, 0.3) is 22.4 Å². The molecule has 0 aliphatic carbocycles. The Kier molecular flexibility index (Phi) is 5.65. The quantitative estimate of drug-likeness (QED) is 0.385.